The molecule has 106 valence electrons. The quantitative estimate of drug-likeness (QED) is 0.835. The molecule has 2 heterocycles. The van der Waals surface area contributed by atoms with Gasteiger partial charge in [0.05, 0.1) is 18.3 Å². The van der Waals surface area contributed by atoms with Gasteiger partial charge >= 0.3 is 0 Å². The Morgan fingerprint density at radius 3 is 2.68 bits per heavy atom. The Labute approximate surface area is 116 Å². The fraction of sp³-hybridized carbons (Fsp3) is 0.933. The average molecular weight is 263 g/mol. The van der Waals surface area contributed by atoms with Crippen molar-refractivity contribution in [2.45, 2.75) is 56.3 Å². The molecule has 0 radical (unpaired) electrons. The highest BCUT2D eigenvalue weighted by Gasteiger charge is 2.42. The van der Waals surface area contributed by atoms with Gasteiger partial charge in [-0.1, -0.05) is 6.42 Å². The van der Waals surface area contributed by atoms with Gasteiger partial charge in [0, 0.05) is 13.1 Å². The summed E-state index contributed by atoms with van der Waals surface area (Å²) in [5.41, 5.74) is -0.259. The topological polar surface area (TPSA) is 48.3 Å². The van der Waals surface area contributed by atoms with E-state index in [1.54, 1.807) is 0 Å². The maximum absolute atomic E-state index is 9.47. The van der Waals surface area contributed by atoms with Crippen molar-refractivity contribution >= 4 is 0 Å². The van der Waals surface area contributed by atoms with Gasteiger partial charge < -0.3 is 10.1 Å². The zero-order chi connectivity index (χ0) is 13.3. The molecule has 1 aliphatic carbocycles. The Hall–Kier alpha value is -0.630. The van der Waals surface area contributed by atoms with Crippen molar-refractivity contribution in [2.75, 3.05) is 26.7 Å². The SMILES string of the molecule is CNC1(C#N)CCCC1CCN1CC2CCC(C1)O2. The molecular formula is C15H25N3O. The number of nitrogens with zero attached hydrogens (tertiary/aromatic N) is 2. The number of fused-ring (bicyclic) bond motifs is 2. The lowest BCUT2D eigenvalue weighted by Gasteiger charge is -2.34. The second kappa shape index (κ2) is 5.40. The van der Waals surface area contributed by atoms with E-state index < -0.39 is 0 Å². The standard InChI is InChI=1S/C15H25N3O/c1-17-15(11-16)7-2-3-12(15)6-8-18-9-13-4-5-14(10-18)19-13/h12-14,17H,2-10H2,1H3. The monoisotopic (exact) mass is 263 g/mol. The molecule has 0 aromatic heterocycles. The number of ether oxygens (including phenoxy) is 1. The van der Waals surface area contributed by atoms with Crippen LogP contribution in [0.15, 0.2) is 0 Å². The minimum Gasteiger partial charge on any atom is -0.372 e. The van der Waals surface area contributed by atoms with Crippen LogP contribution in [-0.2, 0) is 4.74 Å². The molecule has 0 spiro atoms. The van der Waals surface area contributed by atoms with Gasteiger partial charge in [-0.15, -0.1) is 0 Å². The minimum absolute atomic E-state index is 0.259. The summed E-state index contributed by atoms with van der Waals surface area (Å²) in [7, 11) is 1.94. The summed E-state index contributed by atoms with van der Waals surface area (Å²) < 4.78 is 5.88. The maximum Gasteiger partial charge on any atom is 0.109 e. The molecule has 4 nitrogen and oxygen atoms in total. The van der Waals surface area contributed by atoms with E-state index in [0.717, 1.165) is 32.5 Å². The normalized spacial score (nSPS) is 42.4. The molecule has 4 heteroatoms. The van der Waals surface area contributed by atoms with E-state index in [2.05, 4.69) is 16.3 Å². The van der Waals surface area contributed by atoms with Crippen molar-refractivity contribution < 1.29 is 4.74 Å². The highest BCUT2D eigenvalue weighted by Crippen LogP contribution is 2.37. The second-order valence-electron chi connectivity index (χ2n) is 6.43. The van der Waals surface area contributed by atoms with Crippen LogP contribution in [0.1, 0.15) is 38.5 Å². The molecule has 4 unspecified atom stereocenters. The summed E-state index contributed by atoms with van der Waals surface area (Å²) in [5, 5.41) is 12.8. The predicted octanol–water partition coefficient (Wildman–Crippen LogP) is 1.52. The van der Waals surface area contributed by atoms with E-state index in [-0.39, 0.29) is 5.54 Å². The second-order valence-corrected chi connectivity index (χ2v) is 6.43. The molecule has 1 saturated carbocycles. The largest absolute Gasteiger partial charge is 0.372 e. The van der Waals surface area contributed by atoms with E-state index in [1.165, 1.54) is 25.7 Å². The third-order valence-corrected chi connectivity index (χ3v) is 5.38. The Morgan fingerprint density at radius 1 is 1.32 bits per heavy atom. The number of hydrogen-bond acceptors (Lipinski definition) is 4. The first-order valence-electron chi connectivity index (χ1n) is 7.74. The Bertz CT molecular complexity index is 355. The molecule has 3 fully saturated rings. The van der Waals surface area contributed by atoms with Crippen LogP contribution in [0.25, 0.3) is 0 Å². The van der Waals surface area contributed by atoms with Crippen LogP contribution in [0.2, 0.25) is 0 Å². The lowest BCUT2D eigenvalue weighted by molar-refractivity contribution is -0.0399. The van der Waals surface area contributed by atoms with E-state index >= 15 is 0 Å². The number of morpholine rings is 1. The molecule has 3 rings (SSSR count). The smallest absolute Gasteiger partial charge is 0.109 e. The van der Waals surface area contributed by atoms with E-state index in [9.17, 15) is 5.26 Å². The molecule has 0 aromatic carbocycles. The maximum atomic E-state index is 9.47. The highest BCUT2D eigenvalue weighted by atomic mass is 16.5. The fourth-order valence-electron chi connectivity index (χ4n) is 4.22. The van der Waals surface area contributed by atoms with Crippen molar-refractivity contribution in [3.63, 3.8) is 0 Å². The number of rotatable bonds is 4. The summed E-state index contributed by atoms with van der Waals surface area (Å²) in [4.78, 5) is 2.56. The highest BCUT2D eigenvalue weighted by molar-refractivity contribution is 5.13. The van der Waals surface area contributed by atoms with Crippen LogP contribution in [-0.4, -0.2) is 49.3 Å². The first-order chi connectivity index (χ1) is 9.25. The molecule has 4 atom stereocenters. The van der Waals surface area contributed by atoms with E-state index in [4.69, 9.17) is 4.74 Å². The molecule has 2 aliphatic heterocycles. The van der Waals surface area contributed by atoms with Gasteiger partial charge in [-0.25, -0.2) is 0 Å². The number of nitrogens with one attached hydrogen (secondary N) is 1. The van der Waals surface area contributed by atoms with Gasteiger partial charge in [0.1, 0.15) is 5.54 Å². The molecule has 0 amide bonds. The van der Waals surface area contributed by atoms with Gasteiger partial charge in [0.25, 0.3) is 0 Å². The molecule has 1 N–H and O–H groups in total. The Balaban J connectivity index is 1.53. The number of likely N-dealkylation sites (tertiary alicyclic amines) is 1. The minimum atomic E-state index is -0.259. The van der Waals surface area contributed by atoms with Crippen molar-refractivity contribution in [1.82, 2.24) is 10.2 Å². The van der Waals surface area contributed by atoms with Crippen LogP contribution in [0, 0.1) is 17.2 Å². The molecule has 3 aliphatic rings. The summed E-state index contributed by atoms with van der Waals surface area (Å²) in [6, 6.07) is 2.54. The average Bonchev–Trinajstić information content (AvgIpc) is 3.00. The molecule has 19 heavy (non-hydrogen) atoms. The van der Waals surface area contributed by atoms with Crippen LogP contribution in [0.3, 0.4) is 0 Å². The Morgan fingerprint density at radius 2 is 2.05 bits per heavy atom. The first-order valence-corrected chi connectivity index (χ1v) is 7.74. The summed E-state index contributed by atoms with van der Waals surface area (Å²) in [6.07, 6.45) is 7.98. The summed E-state index contributed by atoms with van der Waals surface area (Å²) in [5.74, 6) is 0.517. The third kappa shape index (κ3) is 2.52. The lowest BCUT2D eigenvalue weighted by Crippen LogP contribution is -2.47. The van der Waals surface area contributed by atoms with Gasteiger partial charge in [-0.3, -0.25) is 4.90 Å². The third-order valence-electron chi connectivity index (χ3n) is 5.38. The first kappa shape index (κ1) is 13.4. The summed E-state index contributed by atoms with van der Waals surface area (Å²) in [6.45, 7) is 3.33. The van der Waals surface area contributed by atoms with Gasteiger partial charge in [-0.05, 0) is 51.6 Å². The van der Waals surface area contributed by atoms with Crippen molar-refractivity contribution in [2.24, 2.45) is 5.92 Å². The predicted molar refractivity (Wildman–Crippen MR) is 73.7 cm³/mol. The molecule has 2 bridgehead atoms. The van der Waals surface area contributed by atoms with Crippen LogP contribution < -0.4 is 5.32 Å². The van der Waals surface area contributed by atoms with Crippen molar-refractivity contribution in [1.29, 1.82) is 5.26 Å². The van der Waals surface area contributed by atoms with E-state index in [1.807, 2.05) is 7.05 Å². The van der Waals surface area contributed by atoms with Crippen LogP contribution >= 0.6 is 0 Å². The number of hydrogen-bond donors (Lipinski definition) is 1. The lowest BCUT2D eigenvalue weighted by atomic mass is 9.86. The molecule has 2 saturated heterocycles. The van der Waals surface area contributed by atoms with Crippen molar-refractivity contribution in [3.05, 3.63) is 0 Å². The van der Waals surface area contributed by atoms with Gasteiger partial charge in [0.2, 0.25) is 0 Å². The molecular weight excluding hydrogens is 238 g/mol. The summed E-state index contributed by atoms with van der Waals surface area (Å²) >= 11 is 0. The number of nitriles is 1. The van der Waals surface area contributed by atoms with Crippen LogP contribution in [0.4, 0.5) is 0 Å². The van der Waals surface area contributed by atoms with Gasteiger partial charge in [-0.2, -0.15) is 5.26 Å². The molecule has 0 aromatic rings. The zero-order valence-electron chi connectivity index (χ0n) is 11.9. The van der Waals surface area contributed by atoms with Crippen molar-refractivity contribution in [3.8, 4) is 6.07 Å². The van der Waals surface area contributed by atoms with E-state index in [0.29, 0.717) is 18.1 Å². The zero-order valence-corrected chi connectivity index (χ0v) is 11.9. The van der Waals surface area contributed by atoms with Gasteiger partial charge in [0.15, 0.2) is 0 Å². The fourth-order valence-corrected chi connectivity index (χ4v) is 4.22. The van der Waals surface area contributed by atoms with Crippen LogP contribution in [0.5, 0.6) is 0 Å². The Kier molecular flexibility index (Phi) is 3.79.